The fraction of sp³-hybridized carbons (Fsp3) is 0.588. The van der Waals surface area contributed by atoms with Gasteiger partial charge in [0.25, 0.3) is 0 Å². The van der Waals surface area contributed by atoms with Gasteiger partial charge in [0.05, 0.1) is 0 Å². The molecule has 0 saturated carbocycles. The number of hydrogen-bond donors (Lipinski definition) is 4. The SMILES string of the molecule is CC(C)(C)c1cc(CCC(=O)NNC(=O)CCc2cc(C(C)(C)C)c(O)cc2C(C)(C)C)c(C(C)(C)C)cc1O. The van der Waals surface area contributed by atoms with Crippen molar-refractivity contribution in [3.8, 4) is 11.5 Å². The number of aryl methyl sites for hydroxylation is 2. The van der Waals surface area contributed by atoms with E-state index in [4.69, 9.17) is 0 Å². The Bertz CT molecular complexity index is 1140. The Hall–Kier alpha value is -3.02. The van der Waals surface area contributed by atoms with Crippen LogP contribution < -0.4 is 10.9 Å². The van der Waals surface area contributed by atoms with E-state index < -0.39 is 0 Å². The van der Waals surface area contributed by atoms with Crippen molar-refractivity contribution in [2.75, 3.05) is 0 Å². The normalized spacial score (nSPS) is 12.8. The number of aromatic hydroxyl groups is 2. The molecule has 0 aliphatic carbocycles. The average Bonchev–Trinajstić information content (AvgIpc) is 2.77. The summed E-state index contributed by atoms with van der Waals surface area (Å²) in [5.41, 5.74) is 10.0. The van der Waals surface area contributed by atoms with Crippen LogP contribution in [-0.2, 0) is 44.1 Å². The largest absolute Gasteiger partial charge is 0.508 e. The summed E-state index contributed by atoms with van der Waals surface area (Å²) < 4.78 is 0. The molecule has 0 bridgehead atoms. The number of rotatable bonds is 6. The van der Waals surface area contributed by atoms with Gasteiger partial charge in [-0.05, 0) is 80.0 Å². The maximum atomic E-state index is 12.7. The predicted molar refractivity (Wildman–Crippen MR) is 164 cm³/mol. The number of phenols is 2. The smallest absolute Gasteiger partial charge is 0.238 e. The number of carbonyl (C=O) groups excluding carboxylic acids is 2. The molecule has 6 heteroatoms. The van der Waals surface area contributed by atoms with Crippen LogP contribution in [0.3, 0.4) is 0 Å². The van der Waals surface area contributed by atoms with Crippen molar-refractivity contribution < 1.29 is 19.8 Å². The molecule has 0 radical (unpaired) electrons. The van der Waals surface area contributed by atoms with Gasteiger partial charge in [0, 0.05) is 12.8 Å². The van der Waals surface area contributed by atoms with Crippen molar-refractivity contribution >= 4 is 11.8 Å². The molecule has 0 saturated heterocycles. The standard InChI is InChI=1S/C34H52N2O4/c1-31(2,3)23-19-27(37)25(33(7,8)9)17-21(23)13-15-29(39)35-36-30(40)16-14-22-18-26(34(10,11)12)28(38)20-24(22)32(4,5)6/h17-20,37-38H,13-16H2,1-12H3,(H,35,39)(H,36,40). The molecule has 0 aliphatic heterocycles. The molecule has 40 heavy (non-hydrogen) atoms. The molecule has 2 rings (SSSR count). The van der Waals surface area contributed by atoms with Crippen molar-refractivity contribution in [3.05, 3.63) is 57.6 Å². The van der Waals surface area contributed by atoms with E-state index in [-0.39, 0.29) is 57.8 Å². The molecular formula is C34H52N2O4. The predicted octanol–water partition coefficient (Wildman–Crippen LogP) is 7.00. The first-order chi connectivity index (χ1) is 18.0. The van der Waals surface area contributed by atoms with E-state index in [2.05, 4.69) is 93.9 Å². The van der Waals surface area contributed by atoms with E-state index in [0.717, 1.165) is 33.4 Å². The monoisotopic (exact) mass is 552 g/mol. The summed E-state index contributed by atoms with van der Waals surface area (Å²) in [5.74, 6) is 0.00812. The van der Waals surface area contributed by atoms with Crippen LogP contribution in [0.5, 0.6) is 11.5 Å². The van der Waals surface area contributed by atoms with Crippen LogP contribution in [0.1, 0.15) is 129 Å². The zero-order valence-corrected chi connectivity index (χ0v) is 26.8. The van der Waals surface area contributed by atoms with Gasteiger partial charge in [-0.2, -0.15) is 0 Å². The number of hydrazine groups is 1. The Morgan fingerprint density at radius 3 is 1.05 bits per heavy atom. The lowest BCUT2D eigenvalue weighted by Crippen LogP contribution is -2.41. The van der Waals surface area contributed by atoms with Crippen molar-refractivity contribution in [2.24, 2.45) is 0 Å². The highest BCUT2D eigenvalue weighted by Gasteiger charge is 2.26. The van der Waals surface area contributed by atoms with Gasteiger partial charge in [-0.15, -0.1) is 0 Å². The lowest BCUT2D eigenvalue weighted by Gasteiger charge is -2.28. The van der Waals surface area contributed by atoms with Crippen LogP contribution in [0, 0.1) is 0 Å². The molecule has 0 atom stereocenters. The van der Waals surface area contributed by atoms with E-state index in [1.807, 2.05) is 24.3 Å². The van der Waals surface area contributed by atoms with Crippen LogP contribution in [0.4, 0.5) is 0 Å². The summed E-state index contributed by atoms with van der Waals surface area (Å²) in [5, 5.41) is 21.3. The van der Waals surface area contributed by atoms with Gasteiger partial charge in [0.15, 0.2) is 0 Å². The maximum Gasteiger partial charge on any atom is 0.238 e. The Morgan fingerprint density at radius 2 is 0.800 bits per heavy atom. The lowest BCUT2D eigenvalue weighted by atomic mass is 9.78. The van der Waals surface area contributed by atoms with Gasteiger partial charge in [-0.1, -0.05) is 95.2 Å². The van der Waals surface area contributed by atoms with Gasteiger partial charge >= 0.3 is 0 Å². The van der Waals surface area contributed by atoms with E-state index in [0.29, 0.717) is 12.8 Å². The minimum absolute atomic E-state index is 0.194. The molecule has 0 fully saturated rings. The highest BCUT2D eigenvalue weighted by molar-refractivity contribution is 5.82. The zero-order chi connectivity index (χ0) is 30.8. The molecule has 2 amide bonds. The Balaban J connectivity index is 2.08. The summed E-state index contributed by atoms with van der Waals surface area (Å²) in [6.07, 6.45) is 1.41. The lowest BCUT2D eigenvalue weighted by molar-refractivity contribution is -0.128. The highest BCUT2D eigenvalue weighted by atomic mass is 16.3. The fourth-order valence-corrected chi connectivity index (χ4v) is 5.04. The van der Waals surface area contributed by atoms with E-state index in [1.54, 1.807) is 0 Å². The first-order valence-corrected chi connectivity index (χ1v) is 14.3. The van der Waals surface area contributed by atoms with E-state index >= 15 is 0 Å². The van der Waals surface area contributed by atoms with E-state index in [1.165, 1.54) is 0 Å². The molecule has 2 aromatic rings. The number of phenolic OH excluding ortho intramolecular Hbond substituents is 2. The maximum absolute atomic E-state index is 12.7. The third kappa shape index (κ3) is 8.74. The molecule has 222 valence electrons. The number of nitrogens with one attached hydrogen (secondary N) is 2. The molecule has 0 spiro atoms. The Morgan fingerprint density at radius 1 is 0.525 bits per heavy atom. The van der Waals surface area contributed by atoms with Crippen LogP contribution in [0.2, 0.25) is 0 Å². The Kier molecular flexibility index (Phi) is 9.82. The zero-order valence-electron chi connectivity index (χ0n) is 26.8. The minimum atomic E-state index is -0.270. The highest BCUT2D eigenvalue weighted by Crippen LogP contribution is 2.39. The second-order valence-electron chi connectivity index (χ2n) is 15.1. The molecular weight excluding hydrogens is 500 g/mol. The fourth-order valence-electron chi connectivity index (χ4n) is 5.04. The number of amides is 2. The summed E-state index contributed by atoms with van der Waals surface area (Å²) in [4.78, 5) is 25.4. The third-order valence-corrected chi connectivity index (χ3v) is 7.26. The van der Waals surface area contributed by atoms with Crippen molar-refractivity contribution in [3.63, 3.8) is 0 Å². The minimum Gasteiger partial charge on any atom is -0.508 e. The van der Waals surface area contributed by atoms with Gasteiger partial charge in [-0.25, -0.2) is 0 Å². The number of hydrogen-bond acceptors (Lipinski definition) is 4. The van der Waals surface area contributed by atoms with Crippen LogP contribution in [-0.4, -0.2) is 22.0 Å². The molecule has 0 unspecified atom stereocenters. The summed E-state index contributed by atoms with van der Waals surface area (Å²) in [7, 11) is 0. The van der Waals surface area contributed by atoms with Gasteiger partial charge < -0.3 is 10.2 Å². The van der Waals surface area contributed by atoms with Gasteiger partial charge in [-0.3, -0.25) is 20.4 Å². The molecule has 4 N–H and O–H groups in total. The average molecular weight is 553 g/mol. The third-order valence-electron chi connectivity index (χ3n) is 7.26. The second kappa shape index (κ2) is 11.8. The van der Waals surface area contributed by atoms with Crippen molar-refractivity contribution in [2.45, 2.75) is 130 Å². The summed E-state index contributed by atoms with van der Waals surface area (Å²) in [6.45, 7) is 24.9. The Labute approximate surface area is 241 Å². The topological polar surface area (TPSA) is 98.7 Å². The summed E-state index contributed by atoms with van der Waals surface area (Å²) >= 11 is 0. The quantitative estimate of drug-likeness (QED) is 0.290. The molecule has 2 aromatic carbocycles. The molecule has 6 nitrogen and oxygen atoms in total. The van der Waals surface area contributed by atoms with Crippen LogP contribution in [0.25, 0.3) is 0 Å². The van der Waals surface area contributed by atoms with Gasteiger partial charge in [0.2, 0.25) is 11.8 Å². The molecule has 0 aromatic heterocycles. The van der Waals surface area contributed by atoms with Crippen molar-refractivity contribution in [1.82, 2.24) is 10.9 Å². The first-order valence-electron chi connectivity index (χ1n) is 14.3. The van der Waals surface area contributed by atoms with Gasteiger partial charge in [0.1, 0.15) is 11.5 Å². The molecule has 0 heterocycles. The number of carbonyl (C=O) groups is 2. The first kappa shape index (κ1) is 33.2. The van der Waals surface area contributed by atoms with Crippen LogP contribution >= 0.6 is 0 Å². The van der Waals surface area contributed by atoms with Crippen molar-refractivity contribution in [1.29, 1.82) is 0 Å². The second-order valence-corrected chi connectivity index (χ2v) is 15.1. The summed E-state index contributed by atoms with van der Waals surface area (Å²) in [6, 6.07) is 7.68. The molecule has 0 aliphatic rings. The van der Waals surface area contributed by atoms with Crippen LogP contribution in [0.15, 0.2) is 24.3 Å². The van der Waals surface area contributed by atoms with E-state index in [9.17, 15) is 19.8 Å². The number of benzene rings is 2.